The van der Waals surface area contributed by atoms with E-state index in [1.165, 1.54) is 0 Å². The van der Waals surface area contributed by atoms with Crippen LogP contribution in [0.25, 0.3) is 22.4 Å². The van der Waals surface area contributed by atoms with Crippen LogP contribution in [-0.4, -0.2) is 24.3 Å². The Morgan fingerprint density at radius 1 is 1.07 bits per heavy atom. The van der Waals surface area contributed by atoms with E-state index >= 15 is 0 Å². The lowest BCUT2D eigenvalue weighted by atomic mass is 9.54. The first-order valence-corrected chi connectivity index (χ1v) is 14.8. The van der Waals surface area contributed by atoms with Crippen molar-refractivity contribution in [1.29, 1.82) is 5.26 Å². The maximum Gasteiger partial charge on any atom is 0.232 e. The molecule has 0 fully saturated rings. The normalized spacial score (nSPS) is 22.3. The van der Waals surface area contributed by atoms with Gasteiger partial charge in [0.15, 0.2) is 5.78 Å². The van der Waals surface area contributed by atoms with Crippen LogP contribution in [0.4, 0.5) is 0 Å². The number of hydrogen-bond acceptors (Lipinski definition) is 4. The largest absolute Gasteiger partial charge is 0.294 e. The third-order valence-corrected chi connectivity index (χ3v) is 9.04. The van der Waals surface area contributed by atoms with Gasteiger partial charge in [-0.15, -0.1) is 0 Å². The second kappa shape index (κ2) is 10.7. The Morgan fingerprint density at radius 2 is 1.78 bits per heavy atom. The summed E-state index contributed by atoms with van der Waals surface area (Å²) in [6.07, 6.45) is 3.48. The highest BCUT2D eigenvalue weighted by Gasteiger charge is 2.54. The van der Waals surface area contributed by atoms with E-state index in [0.29, 0.717) is 0 Å². The van der Waals surface area contributed by atoms with Gasteiger partial charge in [-0.3, -0.25) is 14.0 Å². The third kappa shape index (κ3) is 4.56. The Kier molecular flexibility index (Phi) is 7.04. The molecule has 0 radical (unpaired) electrons. The van der Waals surface area contributed by atoms with Gasteiger partial charge in [0, 0.05) is 30.6 Å². The third-order valence-electron chi connectivity index (χ3n) is 8.65. The van der Waals surface area contributed by atoms with Gasteiger partial charge in [-0.2, -0.15) is 10.4 Å². The van der Waals surface area contributed by atoms with Crippen LogP contribution < -0.4 is 4.72 Å². The highest BCUT2D eigenvalue weighted by molar-refractivity contribution is 7.77. The van der Waals surface area contributed by atoms with Gasteiger partial charge in [0.25, 0.3) is 0 Å². The Labute approximate surface area is 242 Å². The molecule has 2 aliphatic carbocycles. The first-order valence-electron chi connectivity index (χ1n) is 13.7. The molecule has 1 heterocycles. The van der Waals surface area contributed by atoms with Crippen molar-refractivity contribution in [3.05, 3.63) is 113 Å². The summed E-state index contributed by atoms with van der Waals surface area (Å²) in [6, 6.07) is 28.6. The van der Waals surface area contributed by atoms with Crippen LogP contribution >= 0.6 is 0 Å². The van der Waals surface area contributed by atoms with Crippen LogP contribution in [0.3, 0.4) is 0 Å². The number of carbonyl (C=O) groups excluding carboxylic acids is 1. The predicted molar refractivity (Wildman–Crippen MR) is 159 cm³/mol. The molecule has 0 amide bonds. The SMILES string of the molecule is C[C@@H]1C(=O)C(C#N)=C[C@]2(c3ccccc3)c3nn(C)c(-c4cccc(-c5cccc(CNS(=O)O)c5)c4)c3CC[C@@H]12. The standard InChI is InChI=1S/C33H30N4O3S/c1-21-29-15-14-28-30(25-11-7-10-24(17-25)23-9-6-8-22(16-23)20-35-41(39)40)37(2)36-32(28)33(29,18-26(19-34)31(21)38)27-12-4-3-5-13-27/h3-13,16-18,21,29,35H,14-15,20H2,1-2H3,(H,39,40)/t21-,29-,33+/m0/s1. The lowest BCUT2D eigenvalue weighted by Crippen LogP contribution is -2.48. The molecule has 2 aliphatic rings. The number of rotatable bonds is 6. The van der Waals surface area contributed by atoms with Crippen molar-refractivity contribution < 1.29 is 13.6 Å². The average molecular weight is 563 g/mol. The molecule has 8 heteroatoms. The van der Waals surface area contributed by atoms with Crippen LogP contribution in [0.5, 0.6) is 0 Å². The van der Waals surface area contributed by atoms with E-state index in [-0.39, 0.29) is 29.7 Å². The quantitative estimate of drug-likeness (QED) is 0.302. The van der Waals surface area contributed by atoms with E-state index < -0.39 is 16.7 Å². The molecule has 41 heavy (non-hydrogen) atoms. The zero-order valence-corrected chi connectivity index (χ0v) is 23.7. The van der Waals surface area contributed by atoms with E-state index in [1.807, 2.05) is 73.3 Å². The molecule has 4 aromatic rings. The van der Waals surface area contributed by atoms with Crippen molar-refractivity contribution in [2.75, 3.05) is 0 Å². The zero-order valence-electron chi connectivity index (χ0n) is 22.9. The van der Waals surface area contributed by atoms with Gasteiger partial charge in [0.1, 0.15) is 6.07 Å². The number of nitrogens with zero attached hydrogens (tertiary/aromatic N) is 3. The van der Waals surface area contributed by atoms with Crippen LogP contribution in [0.2, 0.25) is 0 Å². The van der Waals surface area contributed by atoms with E-state index in [1.54, 1.807) is 0 Å². The molecule has 0 saturated carbocycles. The molecule has 1 aromatic heterocycles. The molecular weight excluding hydrogens is 532 g/mol. The molecule has 3 aromatic carbocycles. The molecule has 0 aliphatic heterocycles. The Bertz CT molecular complexity index is 1750. The highest BCUT2D eigenvalue weighted by Crippen LogP contribution is 2.54. The van der Waals surface area contributed by atoms with Crippen molar-refractivity contribution in [3.8, 4) is 28.5 Å². The summed E-state index contributed by atoms with van der Waals surface area (Å²) < 4.78 is 24.7. The summed E-state index contributed by atoms with van der Waals surface area (Å²) >= 11 is -2.07. The number of aromatic nitrogens is 2. The number of carbonyl (C=O) groups is 1. The molecule has 0 spiro atoms. The number of allylic oxidation sites excluding steroid dienone is 2. The Hall–Kier alpha value is -4.16. The lowest BCUT2D eigenvalue weighted by Gasteiger charge is -2.47. The number of Topliss-reactive ketones (excluding diaryl/α,β-unsaturated/α-hetero) is 1. The minimum absolute atomic E-state index is 0.000634. The summed E-state index contributed by atoms with van der Waals surface area (Å²) in [6.45, 7) is 2.24. The fraction of sp³-hybridized carbons (Fsp3) is 0.242. The molecule has 6 rings (SSSR count). The Balaban J connectivity index is 1.50. The van der Waals surface area contributed by atoms with Crippen LogP contribution in [0.15, 0.2) is 90.5 Å². The molecule has 7 nitrogen and oxygen atoms in total. The number of aryl methyl sites for hydroxylation is 1. The first-order chi connectivity index (χ1) is 19.8. The number of benzene rings is 3. The van der Waals surface area contributed by atoms with Crippen molar-refractivity contribution in [2.45, 2.75) is 31.7 Å². The lowest BCUT2D eigenvalue weighted by molar-refractivity contribution is -0.121. The second-order valence-corrected chi connectivity index (χ2v) is 11.6. The summed E-state index contributed by atoms with van der Waals surface area (Å²) in [5.41, 5.74) is 7.64. The van der Waals surface area contributed by atoms with Gasteiger partial charge >= 0.3 is 0 Å². The maximum absolute atomic E-state index is 13.1. The summed E-state index contributed by atoms with van der Waals surface area (Å²) in [4.78, 5) is 13.1. The van der Waals surface area contributed by atoms with Crippen molar-refractivity contribution in [1.82, 2.24) is 14.5 Å². The molecular formula is C33H30N4O3S. The minimum atomic E-state index is -2.07. The average Bonchev–Trinajstić information content (AvgIpc) is 3.35. The topological polar surface area (TPSA) is 108 Å². The molecule has 4 atom stereocenters. The maximum atomic E-state index is 13.1. The summed E-state index contributed by atoms with van der Waals surface area (Å²) in [7, 11) is 1.96. The number of hydrogen-bond donors (Lipinski definition) is 2. The van der Waals surface area contributed by atoms with E-state index in [4.69, 9.17) is 9.65 Å². The first kappa shape index (κ1) is 27.0. The highest BCUT2D eigenvalue weighted by atomic mass is 32.2. The molecule has 0 bridgehead atoms. The molecule has 1 unspecified atom stereocenters. The Morgan fingerprint density at radius 3 is 2.51 bits per heavy atom. The second-order valence-electron chi connectivity index (χ2n) is 10.9. The van der Waals surface area contributed by atoms with Crippen LogP contribution in [0, 0.1) is 23.2 Å². The van der Waals surface area contributed by atoms with Crippen molar-refractivity contribution >= 4 is 17.0 Å². The van der Waals surface area contributed by atoms with Gasteiger partial charge in [-0.1, -0.05) is 73.7 Å². The van der Waals surface area contributed by atoms with E-state index in [0.717, 1.165) is 57.6 Å². The van der Waals surface area contributed by atoms with Gasteiger partial charge in [-0.05, 0) is 59.2 Å². The predicted octanol–water partition coefficient (Wildman–Crippen LogP) is 5.50. The van der Waals surface area contributed by atoms with Gasteiger partial charge < -0.3 is 0 Å². The number of nitrogens with one attached hydrogen (secondary N) is 1. The van der Waals surface area contributed by atoms with Crippen LogP contribution in [-0.2, 0) is 41.5 Å². The van der Waals surface area contributed by atoms with E-state index in [2.05, 4.69) is 41.1 Å². The number of ketones is 1. The monoisotopic (exact) mass is 562 g/mol. The molecule has 2 N–H and O–H groups in total. The van der Waals surface area contributed by atoms with E-state index in [9.17, 15) is 14.3 Å². The summed E-state index contributed by atoms with van der Waals surface area (Å²) in [5.74, 6) is -0.374. The fourth-order valence-corrected chi connectivity index (χ4v) is 7.13. The zero-order chi connectivity index (χ0) is 28.7. The van der Waals surface area contributed by atoms with Crippen LogP contribution in [0.1, 0.15) is 35.7 Å². The van der Waals surface area contributed by atoms with Gasteiger partial charge in [-0.25, -0.2) is 8.93 Å². The van der Waals surface area contributed by atoms with Gasteiger partial charge in [0.2, 0.25) is 11.3 Å². The minimum Gasteiger partial charge on any atom is -0.294 e. The van der Waals surface area contributed by atoms with Crippen molar-refractivity contribution in [3.63, 3.8) is 0 Å². The number of nitriles is 1. The molecule has 206 valence electrons. The van der Waals surface area contributed by atoms with Crippen molar-refractivity contribution in [2.24, 2.45) is 18.9 Å². The molecule has 0 saturated heterocycles. The fourth-order valence-electron chi connectivity index (χ4n) is 6.84. The smallest absolute Gasteiger partial charge is 0.232 e. The summed E-state index contributed by atoms with van der Waals surface area (Å²) in [5, 5.41) is 15.1. The van der Waals surface area contributed by atoms with Gasteiger partial charge in [0.05, 0.1) is 22.4 Å². The number of fused-ring (bicyclic) bond motifs is 3.